The lowest BCUT2D eigenvalue weighted by atomic mass is 9.65. The molecule has 12 aromatic carbocycles. The van der Waals surface area contributed by atoms with Crippen molar-refractivity contribution >= 4 is 49.6 Å². The fourth-order valence-electron chi connectivity index (χ4n) is 16.2. The maximum atomic E-state index is 2.71. The highest BCUT2D eigenvalue weighted by Crippen LogP contribution is 2.68. The lowest BCUT2D eigenvalue weighted by molar-refractivity contribution is 0.660. The second-order valence-electron chi connectivity index (χ2n) is 22.5. The minimum absolute atomic E-state index is 0.213. The molecule has 18 rings (SSSR count). The number of benzene rings is 12. The molecule has 0 saturated carbocycles. The maximum Gasteiger partial charge on any atom is 0.0755 e. The van der Waals surface area contributed by atoms with Crippen molar-refractivity contribution < 1.29 is 0 Å². The van der Waals surface area contributed by atoms with Gasteiger partial charge >= 0.3 is 0 Å². The molecule has 1 aliphatic heterocycles. The average molecular weight is 977 g/mol. The third-order valence-corrected chi connectivity index (χ3v) is 19.0. The Balaban J connectivity index is 1.01. The molecule has 5 aliphatic rings. The molecule has 77 heavy (non-hydrogen) atoms. The van der Waals surface area contributed by atoms with E-state index in [0.717, 1.165) is 0 Å². The summed E-state index contributed by atoms with van der Waals surface area (Å²) in [5.41, 5.74) is 29.5. The second kappa shape index (κ2) is 14.5. The van der Waals surface area contributed by atoms with Crippen molar-refractivity contribution in [3.63, 3.8) is 0 Å². The van der Waals surface area contributed by atoms with Gasteiger partial charge in [-0.3, -0.25) is 0 Å². The van der Waals surface area contributed by atoms with Gasteiger partial charge in [0.2, 0.25) is 0 Å². The lowest BCUT2D eigenvalue weighted by Gasteiger charge is -2.40. The molecule has 0 saturated heterocycles. The SMILES string of the molecule is CC1(C)c2ccccc2-c2c(N(c3cccc4c3-c3ccccc3C43c4ccccc4-n4c5ccccc5c5cccc3c54)c3cc4c(c5ccccc35)-c3ccccc3C43c4ccccc4-c4ccccc43)cccc21. The summed E-state index contributed by atoms with van der Waals surface area (Å²) >= 11 is 0. The van der Waals surface area contributed by atoms with E-state index in [4.69, 9.17) is 0 Å². The topological polar surface area (TPSA) is 8.17 Å². The summed E-state index contributed by atoms with van der Waals surface area (Å²) in [7, 11) is 0. The molecule has 2 nitrogen and oxygen atoms in total. The quantitative estimate of drug-likeness (QED) is 0.171. The van der Waals surface area contributed by atoms with E-state index < -0.39 is 10.8 Å². The molecule has 0 bridgehead atoms. The highest BCUT2D eigenvalue weighted by Gasteiger charge is 2.54. The number of hydrogen-bond acceptors (Lipinski definition) is 1. The number of fused-ring (bicyclic) bond motifs is 27. The molecule has 4 aliphatic carbocycles. The monoisotopic (exact) mass is 976 g/mol. The van der Waals surface area contributed by atoms with Gasteiger partial charge in [-0.05, 0) is 125 Å². The van der Waals surface area contributed by atoms with Crippen molar-refractivity contribution in [2.45, 2.75) is 30.1 Å². The highest BCUT2D eigenvalue weighted by atomic mass is 15.2. The Morgan fingerprint density at radius 2 is 0.714 bits per heavy atom. The zero-order chi connectivity index (χ0) is 50.5. The average Bonchev–Trinajstić information content (AvgIpc) is 3.80. The van der Waals surface area contributed by atoms with Gasteiger partial charge in [0, 0.05) is 32.7 Å². The van der Waals surface area contributed by atoms with E-state index in [1.54, 1.807) is 0 Å². The van der Waals surface area contributed by atoms with Gasteiger partial charge in [0.1, 0.15) is 0 Å². The van der Waals surface area contributed by atoms with E-state index in [2.05, 4.69) is 278 Å². The third-order valence-electron chi connectivity index (χ3n) is 19.0. The van der Waals surface area contributed by atoms with Crippen LogP contribution in [0.1, 0.15) is 69.5 Å². The van der Waals surface area contributed by atoms with Gasteiger partial charge in [0.25, 0.3) is 0 Å². The Morgan fingerprint density at radius 3 is 1.39 bits per heavy atom. The van der Waals surface area contributed by atoms with Crippen LogP contribution in [0.2, 0.25) is 0 Å². The van der Waals surface area contributed by atoms with Crippen molar-refractivity contribution in [3.05, 3.63) is 310 Å². The maximum absolute atomic E-state index is 2.71. The molecule has 0 amide bonds. The van der Waals surface area contributed by atoms with Crippen LogP contribution >= 0.6 is 0 Å². The predicted octanol–water partition coefficient (Wildman–Crippen LogP) is 18.7. The van der Waals surface area contributed by atoms with Gasteiger partial charge in [0.05, 0.1) is 44.6 Å². The molecule has 0 N–H and O–H groups in total. The molecule has 2 heteroatoms. The van der Waals surface area contributed by atoms with Crippen LogP contribution in [0, 0.1) is 0 Å². The Labute approximate surface area is 447 Å². The van der Waals surface area contributed by atoms with E-state index in [9.17, 15) is 0 Å². The van der Waals surface area contributed by atoms with Crippen LogP contribution in [-0.2, 0) is 16.2 Å². The lowest BCUT2D eigenvalue weighted by Crippen LogP contribution is -2.33. The summed E-state index contributed by atoms with van der Waals surface area (Å²) < 4.78 is 2.55. The number of anilines is 3. The first-order valence-electron chi connectivity index (χ1n) is 27.3. The predicted molar refractivity (Wildman–Crippen MR) is 318 cm³/mol. The Kier molecular flexibility index (Phi) is 7.85. The van der Waals surface area contributed by atoms with E-state index in [0.29, 0.717) is 0 Å². The molecule has 1 atom stereocenters. The smallest absolute Gasteiger partial charge is 0.0755 e. The summed E-state index contributed by atoms with van der Waals surface area (Å²) in [6.45, 7) is 4.82. The van der Waals surface area contributed by atoms with Crippen molar-refractivity contribution in [1.29, 1.82) is 0 Å². The molecule has 0 radical (unpaired) electrons. The molecular formula is C75H48N2. The van der Waals surface area contributed by atoms with Gasteiger partial charge < -0.3 is 9.47 Å². The number of hydrogen-bond donors (Lipinski definition) is 0. The van der Waals surface area contributed by atoms with Crippen LogP contribution in [-0.4, -0.2) is 4.57 Å². The molecule has 2 spiro atoms. The normalized spacial score (nSPS) is 16.4. The first kappa shape index (κ1) is 41.8. The van der Waals surface area contributed by atoms with Crippen LogP contribution in [0.4, 0.5) is 17.1 Å². The summed E-state index contributed by atoms with van der Waals surface area (Å²) in [5, 5.41) is 5.04. The Morgan fingerprint density at radius 1 is 0.286 bits per heavy atom. The molecule has 1 aromatic heterocycles. The minimum Gasteiger partial charge on any atom is -0.309 e. The van der Waals surface area contributed by atoms with Crippen molar-refractivity contribution in [2.75, 3.05) is 4.90 Å². The number of rotatable bonds is 3. The fourth-order valence-corrected chi connectivity index (χ4v) is 16.2. The van der Waals surface area contributed by atoms with E-state index in [-0.39, 0.29) is 5.41 Å². The van der Waals surface area contributed by atoms with E-state index in [1.807, 2.05) is 0 Å². The first-order valence-corrected chi connectivity index (χ1v) is 27.3. The van der Waals surface area contributed by atoms with Crippen LogP contribution in [0.15, 0.2) is 255 Å². The van der Waals surface area contributed by atoms with Crippen LogP contribution < -0.4 is 4.90 Å². The molecule has 1 unspecified atom stereocenters. The summed E-state index contributed by atoms with van der Waals surface area (Å²) in [5.74, 6) is 0. The van der Waals surface area contributed by atoms with E-state index in [1.165, 1.54) is 155 Å². The molecular weight excluding hydrogens is 929 g/mol. The van der Waals surface area contributed by atoms with E-state index >= 15 is 0 Å². The standard InChI is InChI=1S/C75H48N2/c1-73(2)54-31-11-7-27-51(54)70-60(73)37-20-42-66(70)76(68-44-63-69(49-26-4-3-24-47(49)68)52-28-8-14-34-57(52)74(63)55-32-12-5-22-45(55)46-23-6-13-33-56(46)74)67-43-21-38-61-71(67)53-29-9-15-35-58(53)75(61)59-36-16-18-41-65(59)77-64-40-17-10-25-48(64)50-30-19-39-62(75)72(50)77/h3-44H,1-2H3. The van der Waals surface area contributed by atoms with Crippen LogP contribution in [0.5, 0.6) is 0 Å². The van der Waals surface area contributed by atoms with Crippen LogP contribution in [0.25, 0.3) is 82.8 Å². The number of nitrogens with zero attached hydrogens (tertiary/aromatic N) is 2. The van der Waals surface area contributed by atoms with Gasteiger partial charge in [-0.2, -0.15) is 0 Å². The Bertz CT molecular complexity index is 4770. The fraction of sp³-hybridized carbons (Fsp3) is 0.0667. The number of para-hydroxylation sites is 3. The largest absolute Gasteiger partial charge is 0.309 e. The van der Waals surface area contributed by atoms with Gasteiger partial charge in [0.15, 0.2) is 0 Å². The molecule has 0 fully saturated rings. The highest BCUT2D eigenvalue weighted by molar-refractivity contribution is 6.16. The summed E-state index contributed by atoms with van der Waals surface area (Å²) in [4.78, 5) is 2.71. The second-order valence-corrected chi connectivity index (χ2v) is 22.5. The summed E-state index contributed by atoms with van der Waals surface area (Å²) in [6, 6.07) is 97.7. The molecule has 13 aromatic rings. The zero-order valence-corrected chi connectivity index (χ0v) is 42.6. The Hall–Kier alpha value is -9.50. The van der Waals surface area contributed by atoms with Crippen molar-refractivity contribution in [2.24, 2.45) is 0 Å². The van der Waals surface area contributed by atoms with Gasteiger partial charge in [-0.25, -0.2) is 0 Å². The van der Waals surface area contributed by atoms with Gasteiger partial charge in [-0.15, -0.1) is 0 Å². The van der Waals surface area contributed by atoms with Crippen molar-refractivity contribution in [3.8, 4) is 50.2 Å². The van der Waals surface area contributed by atoms with Crippen molar-refractivity contribution in [1.82, 2.24) is 4.57 Å². The first-order chi connectivity index (χ1) is 38.0. The summed E-state index contributed by atoms with van der Waals surface area (Å²) in [6.07, 6.45) is 0. The van der Waals surface area contributed by atoms with Crippen LogP contribution in [0.3, 0.4) is 0 Å². The molecule has 358 valence electrons. The minimum atomic E-state index is -0.621. The third kappa shape index (κ3) is 4.78. The molecule has 2 heterocycles. The van der Waals surface area contributed by atoms with Gasteiger partial charge in [-0.1, -0.05) is 238 Å². The number of aromatic nitrogens is 1. The zero-order valence-electron chi connectivity index (χ0n) is 42.6.